The zero-order valence-corrected chi connectivity index (χ0v) is 11.9. The number of carboxylic acid groups (broad SMARTS) is 1. The molecule has 1 aromatic rings. The normalized spacial score (nSPS) is 17.4. The molecule has 1 aliphatic heterocycles. The molecule has 6 heteroatoms. The quantitative estimate of drug-likeness (QED) is 0.799. The number of carbonyl (C=O) groups excluding carboxylic acids is 1. The molecule has 114 valence electrons. The van der Waals surface area contributed by atoms with Crippen molar-refractivity contribution >= 4 is 17.6 Å². The van der Waals surface area contributed by atoms with Gasteiger partial charge in [0.25, 0.3) is 5.91 Å². The van der Waals surface area contributed by atoms with Crippen LogP contribution in [0, 0.1) is 0 Å². The maximum atomic E-state index is 12.2. The molecule has 0 saturated carbocycles. The van der Waals surface area contributed by atoms with Crippen molar-refractivity contribution < 1.29 is 24.2 Å². The van der Waals surface area contributed by atoms with Gasteiger partial charge < -0.3 is 19.5 Å². The second-order valence-corrected chi connectivity index (χ2v) is 4.83. The van der Waals surface area contributed by atoms with E-state index in [1.165, 1.54) is 0 Å². The number of para-hydroxylation sites is 1. The Balaban J connectivity index is 2.10. The molecule has 0 bridgehead atoms. The van der Waals surface area contributed by atoms with Crippen LogP contribution in [0.1, 0.15) is 17.9 Å². The van der Waals surface area contributed by atoms with Crippen LogP contribution in [0.15, 0.2) is 24.3 Å². The van der Waals surface area contributed by atoms with E-state index >= 15 is 0 Å². The molecule has 1 amide bonds. The third kappa shape index (κ3) is 3.59. The molecular weight excluding hydrogens is 274 g/mol. The van der Waals surface area contributed by atoms with E-state index < -0.39 is 11.9 Å². The fourth-order valence-electron chi connectivity index (χ4n) is 2.46. The summed E-state index contributed by atoms with van der Waals surface area (Å²) >= 11 is 0. The lowest BCUT2D eigenvalue weighted by Gasteiger charge is -2.32. The Labute approximate surface area is 123 Å². The monoisotopic (exact) mass is 293 g/mol. The Morgan fingerprint density at radius 2 is 2.10 bits per heavy atom. The summed E-state index contributed by atoms with van der Waals surface area (Å²) in [5, 5.41) is 9.27. The highest BCUT2D eigenvalue weighted by Gasteiger charge is 2.32. The van der Waals surface area contributed by atoms with E-state index in [1.54, 1.807) is 36.3 Å². The minimum atomic E-state index is -0.856. The van der Waals surface area contributed by atoms with E-state index in [0.29, 0.717) is 37.4 Å². The minimum Gasteiger partial charge on any atom is -0.481 e. The molecule has 1 aliphatic rings. The summed E-state index contributed by atoms with van der Waals surface area (Å²) < 4.78 is 10.1. The number of rotatable bonds is 6. The Morgan fingerprint density at radius 1 is 1.33 bits per heavy atom. The third-order valence-electron chi connectivity index (χ3n) is 3.50. The third-order valence-corrected chi connectivity index (χ3v) is 3.50. The molecule has 0 aliphatic carbocycles. The average molecular weight is 293 g/mol. The Hall–Kier alpha value is -1.92. The molecule has 1 heterocycles. The van der Waals surface area contributed by atoms with E-state index in [-0.39, 0.29) is 12.5 Å². The molecule has 0 radical (unpaired) electrons. The molecule has 6 nitrogen and oxygen atoms in total. The highest BCUT2D eigenvalue weighted by Crippen LogP contribution is 2.35. The number of benzene rings is 1. The number of aliphatic carboxylic acids is 1. The van der Waals surface area contributed by atoms with Gasteiger partial charge in [0.1, 0.15) is 6.61 Å². The molecular formula is C15H19NO5. The van der Waals surface area contributed by atoms with Crippen molar-refractivity contribution in [1.29, 1.82) is 0 Å². The van der Waals surface area contributed by atoms with Crippen LogP contribution in [0.4, 0.5) is 5.69 Å². The summed E-state index contributed by atoms with van der Waals surface area (Å²) in [6.07, 6.45) is 0.413. The van der Waals surface area contributed by atoms with Crippen LogP contribution < -0.4 is 4.90 Å². The topological polar surface area (TPSA) is 76.1 Å². The molecule has 1 N–H and O–H groups in total. The van der Waals surface area contributed by atoms with Gasteiger partial charge in [-0.2, -0.15) is 0 Å². The van der Waals surface area contributed by atoms with E-state index in [2.05, 4.69) is 0 Å². The van der Waals surface area contributed by atoms with Crippen LogP contribution in [0.3, 0.4) is 0 Å². The molecule has 1 aromatic carbocycles. The number of carboxylic acids is 1. The summed E-state index contributed by atoms with van der Waals surface area (Å²) in [6, 6.07) is 7.13. The molecule has 0 saturated heterocycles. The molecule has 2 rings (SSSR count). The number of methoxy groups -OCH3 is 1. The second-order valence-electron chi connectivity index (χ2n) is 4.83. The lowest BCUT2D eigenvalue weighted by atomic mass is 9.90. The van der Waals surface area contributed by atoms with Gasteiger partial charge in [0.15, 0.2) is 0 Å². The van der Waals surface area contributed by atoms with Gasteiger partial charge in [0.05, 0.1) is 19.1 Å². The van der Waals surface area contributed by atoms with Crippen molar-refractivity contribution in [3.8, 4) is 0 Å². The molecule has 0 aromatic heterocycles. The first kappa shape index (κ1) is 15.5. The summed E-state index contributed by atoms with van der Waals surface area (Å²) in [6.45, 7) is 1.15. The van der Waals surface area contributed by atoms with Crippen molar-refractivity contribution in [2.75, 3.05) is 38.4 Å². The van der Waals surface area contributed by atoms with E-state index in [9.17, 15) is 14.7 Å². The fourth-order valence-corrected chi connectivity index (χ4v) is 2.46. The zero-order chi connectivity index (χ0) is 15.2. The van der Waals surface area contributed by atoms with Crippen LogP contribution in [-0.2, 0) is 19.1 Å². The average Bonchev–Trinajstić information content (AvgIpc) is 2.50. The molecule has 0 fully saturated rings. The van der Waals surface area contributed by atoms with Gasteiger partial charge in [0.2, 0.25) is 0 Å². The van der Waals surface area contributed by atoms with Gasteiger partial charge in [-0.25, -0.2) is 0 Å². The number of hydrogen-bond donors (Lipinski definition) is 1. The van der Waals surface area contributed by atoms with Crippen LogP contribution in [0.5, 0.6) is 0 Å². The van der Waals surface area contributed by atoms with Gasteiger partial charge in [-0.05, 0) is 18.1 Å². The van der Waals surface area contributed by atoms with E-state index in [1.807, 2.05) is 0 Å². The highest BCUT2D eigenvalue weighted by molar-refractivity contribution is 5.97. The fraction of sp³-hybridized carbons (Fsp3) is 0.467. The lowest BCUT2D eigenvalue weighted by Crippen LogP contribution is -2.40. The smallest absolute Gasteiger partial charge is 0.311 e. The zero-order valence-electron chi connectivity index (χ0n) is 11.9. The van der Waals surface area contributed by atoms with Gasteiger partial charge in [0, 0.05) is 19.3 Å². The Kier molecular flexibility index (Phi) is 5.30. The first-order valence-electron chi connectivity index (χ1n) is 6.84. The van der Waals surface area contributed by atoms with Gasteiger partial charge in [-0.1, -0.05) is 18.2 Å². The SMILES string of the molecule is COCCOCC(=O)N1CCC(C(=O)O)c2ccccc21. The number of hydrogen-bond acceptors (Lipinski definition) is 4. The molecule has 21 heavy (non-hydrogen) atoms. The van der Waals surface area contributed by atoms with Gasteiger partial charge >= 0.3 is 5.97 Å². The van der Waals surface area contributed by atoms with Gasteiger partial charge in [-0.15, -0.1) is 0 Å². The standard InChI is InChI=1S/C15H19NO5/c1-20-8-9-21-10-14(17)16-7-6-12(15(18)19)11-4-2-3-5-13(11)16/h2-5,12H,6-10H2,1H3,(H,18,19). The van der Waals surface area contributed by atoms with E-state index in [0.717, 1.165) is 0 Å². The van der Waals surface area contributed by atoms with Crippen molar-refractivity contribution in [2.24, 2.45) is 0 Å². The number of fused-ring (bicyclic) bond motifs is 1. The summed E-state index contributed by atoms with van der Waals surface area (Å²) in [4.78, 5) is 25.1. The first-order chi connectivity index (χ1) is 10.1. The van der Waals surface area contributed by atoms with Crippen molar-refractivity contribution in [3.63, 3.8) is 0 Å². The number of carbonyl (C=O) groups is 2. The van der Waals surface area contributed by atoms with Crippen LogP contribution >= 0.6 is 0 Å². The number of ether oxygens (including phenoxy) is 2. The summed E-state index contributed by atoms with van der Waals surface area (Å²) in [7, 11) is 1.57. The number of nitrogens with zero attached hydrogens (tertiary/aromatic N) is 1. The molecule has 1 unspecified atom stereocenters. The first-order valence-corrected chi connectivity index (χ1v) is 6.84. The van der Waals surface area contributed by atoms with Crippen molar-refractivity contribution in [3.05, 3.63) is 29.8 Å². The van der Waals surface area contributed by atoms with Crippen LogP contribution in [-0.4, -0.2) is 50.5 Å². The lowest BCUT2D eigenvalue weighted by molar-refractivity contribution is -0.139. The number of amides is 1. The maximum Gasteiger partial charge on any atom is 0.311 e. The minimum absolute atomic E-state index is 0.0323. The van der Waals surface area contributed by atoms with Crippen molar-refractivity contribution in [1.82, 2.24) is 0 Å². The van der Waals surface area contributed by atoms with Crippen LogP contribution in [0.25, 0.3) is 0 Å². The highest BCUT2D eigenvalue weighted by atomic mass is 16.5. The summed E-state index contributed by atoms with van der Waals surface area (Å²) in [5.74, 6) is -1.58. The van der Waals surface area contributed by atoms with Crippen molar-refractivity contribution in [2.45, 2.75) is 12.3 Å². The Bertz CT molecular complexity index is 517. The summed E-state index contributed by atoms with van der Waals surface area (Å²) in [5.41, 5.74) is 1.35. The molecule has 0 spiro atoms. The van der Waals surface area contributed by atoms with Gasteiger partial charge in [-0.3, -0.25) is 9.59 Å². The van der Waals surface area contributed by atoms with Crippen LogP contribution in [0.2, 0.25) is 0 Å². The predicted molar refractivity (Wildman–Crippen MR) is 76.5 cm³/mol. The number of anilines is 1. The molecule has 1 atom stereocenters. The maximum absolute atomic E-state index is 12.2. The predicted octanol–water partition coefficient (Wildman–Crippen LogP) is 1.25. The Morgan fingerprint density at radius 3 is 2.81 bits per heavy atom. The van der Waals surface area contributed by atoms with E-state index in [4.69, 9.17) is 9.47 Å². The second kappa shape index (κ2) is 7.19. The largest absolute Gasteiger partial charge is 0.481 e.